The van der Waals surface area contributed by atoms with Gasteiger partial charge >= 0.3 is 0 Å². The van der Waals surface area contributed by atoms with E-state index in [9.17, 15) is 8.78 Å². The fourth-order valence-electron chi connectivity index (χ4n) is 1.86. The highest BCUT2D eigenvalue weighted by Gasteiger charge is 2.09. The first-order valence-electron chi connectivity index (χ1n) is 6.05. The fourth-order valence-corrected chi connectivity index (χ4v) is 1.86. The average molecular weight is 250 g/mol. The van der Waals surface area contributed by atoms with E-state index < -0.39 is 11.6 Å². The van der Waals surface area contributed by atoms with Crippen LogP contribution in [0.4, 0.5) is 8.78 Å². The van der Waals surface area contributed by atoms with Crippen molar-refractivity contribution in [2.75, 3.05) is 32.7 Å². The first-order chi connectivity index (χ1) is 8.68. The summed E-state index contributed by atoms with van der Waals surface area (Å²) < 4.78 is 26.8. The molecular formula is C14H16F2N2. The molecule has 1 aliphatic heterocycles. The van der Waals surface area contributed by atoms with E-state index >= 15 is 0 Å². The van der Waals surface area contributed by atoms with Crippen molar-refractivity contribution < 1.29 is 8.78 Å². The molecule has 4 heteroatoms. The molecule has 1 aromatic rings. The van der Waals surface area contributed by atoms with Gasteiger partial charge in [0.05, 0.1) is 12.1 Å². The lowest BCUT2D eigenvalue weighted by atomic mass is 10.1. The largest absolute Gasteiger partial charge is 0.314 e. The molecule has 1 saturated heterocycles. The summed E-state index contributed by atoms with van der Waals surface area (Å²) in [5.41, 5.74) is 0.438. The van der Waals surface area contributed by atoms with Crippen LogP contribution in [-0.4, -0.2) is 37.6 Å². The molecule has 1 aromatic carbocycles. The second kappa shape index (κ2) is 5.94. The lowest BCUT2D eigenvalue weighted by Gasteiger charge is -2.24. The molecule has 1 fully saturated rings. The zero-order valence-electron chi connectivity index (χ0n) is 10.4. The quantitative estimate of drug-likeness (QED) is 0.760. The van der Waals surface area contributed by atoms with E-state index in [4.69, 9.17) is 0 Å². The van der Waals surface area contributed by atoms with Crippen LogP contribution in [0, 0.1) is 30.4 Å². The Kier molecular flexibility index (Phi) is 4.29. The summed E-state index contributed by atoms with van der Waals surface area (Å²) in [6.07, 6.45) is 0. The van der Waals surface area contributed by atoms with Gasteiger partial charge < -0.3 is 5.32 Å². The molecule has 2 rings (SSSR count). The topological polar surface area (TPSA) is 15.3 Å². The lowest BCUT2D eigenvalue weighted by Crippen LogP contribution is -2.43. The van der Waals surface area contributed by atoms with Gasteiger partial charge in [-0.05, 0) is 18.6 Å². The molecule has 2 nitrogen and oxygen atoms in total. The van der Waals surface area contributed by atoms with Crippen molar-refractivity contribution in [3.05, 3.63) is 34.9 Å². The number of hydrogen-bond acceptors (Lipinski definition) is 2. The van der Waals surface area contributed by atoms with E-state index in [-0.39, 0.29) is 5.56 Å². The molecule has 0 radical (unpaired) electrons. The van der Waals surface area contributed by atoms with Gasteiger partial charge in [0.25, 0.3) is 0 Å². The van der Waals surface area contributed by atoms with Crippen LogP contribution in [0.25, 0.3) is 0 Å². The monoisotopic (exact) mass is 250 g/mol. The highest BCUT2D eigenvalue weighted by Crippen LogP contribution is 2.14. The molecule has 0 saturated carbocycles. The van der Waals surface area contributed by atoms with Crippen LogP contribution in [0.2, 0.25) is 0 Å². The highest BCUT2D eigenvalue weighted by atomic mass is 19.2. The van der Waals surface area contributed by atoms with Crippen LogP contribution in [0.3, 0.4) is 0 Å². The minimum Gasteiger partial charge on any atom is -0.314 e. The summed E-state index contributed by atoms with van der Waals surface area (Å²) >= 11 is 0. The number of aryl methyl sites for hydroxylation is 1. The lowest BCUT2D eigenvalue weighted by molar-refractivity contribution is 0.268. The van der Waals surface area contributed by atoms with Crippen molar-refractivity contribution in [2.45, 2.75) is 6.92 Å². The van der Waals surface area contributed by atoms with Crippen LogP contribution in [0.1, 0.15) is 11.1 Å². The first kappa shape index (κ1) is 13.0. The molecule has 1 heterocycles. The zero-order valence-corrected chi connectivity index (χ0v) is 10.4. The number of piperazine rings is 1. The van der Waals surface area contributed by atoms with Gasteiger partial charge in [0.2, 0.25) is 0 Å². The van der Waals surface area contributed by atoms with E-state index in [0.717, 1.165) is 26.2 Å². The smallest absolute Gasteiger partial charge is 0.174 e. The Bertz CT molecular complexity index is 483. The van der Waals surface area contributed by atoms with Crippen molar-refractivity contribution in [1.82, 2.24) is 10.2 Å². The van der Waals surface area contributed by atoms with Gasteiger partial charge in [-0.3, -0.25) is 4.90 Å². The minimum absolute atomic E-state index is 0.133. The molecule has 0 atom stereocenters. The number of hydrogen-bond donors (Lipinski definition) is 1. The van der Waals surface area contributed by atoms with Crippen molar-refractivity contribution in [1.29, 1.82) is 0 Å². The van der Waals surface area contributed by atoms with Crippen LogP contribution >= 0.6 is 0 Å². The molecular weight excluding hydrogens is 234 g/mol. The maximum absolute atomic E-state index is 13.5. The molecule has 0 aromatic heterocycles. The van der Waals surface area contributed by atoms with Crippen molar-refractivity contribution in [3.8, 4) is 11.8 Å². The Morgan fingerprint density at radius 3 is 2.67 bits per heavy atom. The SMILES string of the molecule is Cc1ccc(C#CCN2CCNCC2)c(F)c1F. The fraction of sp³-hybridized carbons (Fsp3) is 0.429. The molecule has 0 amide bonds. The van der Waals surface area contributed by atoms with E-state index in [1.54, 1.807) is 6.07 Å². The predicted octanol–water partition coefficient (Wildman–Crippen LogP) is 1.53. The van der Waals surface area contributed by atoms with Gasteiger partial charge in [-0.2, -0.15) is 0 Å². The van der Waals surface area contributed by atoms with E-state index in [1.807, 2.05) is 0 Å². The number of halogens is 2. The summed E-state index contributed by atoms with van der Waals surface area (Å²) in [4.78, 5) is 2.19. The third-order valence-electron chi connectivity index (χ3n) is 3.01. The molecule has 18 heavy (non-hydrogen) atoms. The average Bonchev–Trinajstić information content (AvgIpc) is 2.40. The molecule has 0 aliphatic carbocycles. The normalized spacial score (nSPS) is 16.2. The maximum Gasteiger partial charge on any atom is 0.174 e. The van der Waals surface area contributed by atoms with E-state index in [2.05, 4.69) is 22.1 Å². The molecule has 0 bridgehead atoms. The van der Waals surface area contributed by atoms with Gasteiger partial charge in [0.1, 0.15) is 0 Å². The van der Waals surface area contributed by atoms with Crippen molar-refractivity contribution in [3.63, 3.8) is 0 Å². The first-order valence-corrected chi connectivity index (χ1v) is 6.05. The summed E-state index contributed by atoms with van der Waals surface area (Å²) in [7, 11) is 0. The van der Waals surface area contributed by atoms with Gasteiger partial charge in [0, 0.05) is 26.2 Å². The Morgan fingerprint density at radius 2 is 1.94 bits per heavy atom. The maximum atomic E-state index is 13.5. The number of nitrogens with one attached hydrogen (secondary N) is 1. The zero-order chi connectivity index (χ0) is 13.0. The second-order valence-corrected chi connectivity index (χ2v) is 4.39. The van der Waals surface area contributed by atoms with Gasteiger partial charge in [-0.15, -0.1) is 0 Å². The van der Waals surface area contributed by atoms with E-state index in [1.165, 1.54) is 13.0 Å². The van der Waals surface area contributed by atoms with Gasteiger partial charge in [-0.1, -0.05) is 17.9 Å². The van der Waals surface area contributed by atoms with Crippen LogP contribution in [0.15, 0.2) is 12.1 Å². The van der Waals surface area contributed by atoms with Crippen LogP contribution < -0.4 is 5.32 Å². The number of benzene rings is 1. The minimum atomic E-state index is -0.845. The highest BCUT2D eigenvalue weighted by molar-refractivity contribution is 5.38. The van der Waals surface area contributed by atoms with Gasteiger partial charge in [0.15, 0.2) is 11.6 Å². The standard InChI is InChI=1S/C14H16F2N2/c1-11-4-5-12(14(16)13(11)15)3-2-8-18-9-6-17-7-10-18/h4-5,17H,6-10H2,1H3. The Morgan fingerprint density at radius 1 is 1.22 bits per heavy atom. The predicted molar refractivity (Wildman–Crippen MR) is 67.3 cm³/mol. The summed E-state index contributed by atoms with van der Waals surface area (Å²) in [5, 5.41) is 3.25. The summed E-state index contributed by atoms with van der Waals surface area (Å²) in [6.45, 7) is 5.93. The molecule has 0 spiro atoms. The van der Waals surface area contributed by atoms with E-state index in [0.29, 0.717) is 12.1 Å². The second-order valence-electron chi connectivity index (χ2n) is 4.39. The number of nitrogens with zero attached hydrogens (tertiary/aromatic N) is 1. The van der Waals surface area contributed by atoms with Crippen LogP contribution in [0.5, 0.6) is 0 Å². The number of rotatable bonds is 1. The Labute approximate surface area is 106 Å². The summed E-state index contributed by atoms with van der Waals surface area (Å²) in [6, 6.07) is 3.08. The molecule has 96 valence electrons. The van der Waals surface area contributed by atoms with Crippen molar-refractivity contribution >= 4 is 0 Å². The molecule has 0 unspecified atom stereocenters. The third kappa shape index (κ3) is 3.06. The molecule has 1 N–H and O–H groups in total. The molecule has 1 aliphatic rings. The van der Waals surface area contributed by atoms with Crippen LogP contribution in [-0.2, 0) is 0 Å². The van der Waals surface area contributed by atoms with Gasteiger partial charge in [-0.25, -0.2) is 8.78 Å². The third-order valence-corrected chi connectivity index (χ3v) is 3.01. The summed E-state index contributed by atoms with van der Waals surface area (Å²) in [5.74, 6) is 3.96. The Balaban J connectivity index is 2.03. The van der Waals surface area contributed by atoms with Crippen molar-refractivity contribution in [2.24, 2.45) is 0 Å². The Hall–Kier alpha value is -1.44.